The lowest BCUT2D eigenvalue weighted by atomic mass is 10.1. The van der Waals surface area contributed by atoms with E-state index in [0.717, 1.165) is 44.9 Å². The molecule has 1 unspecified atom stereocenters. The van der Waals surface area contributed by atoms with Crippen molar-refractivity contribution in [2.45, 2.75) is 129 Å². The number of rotatable bonds is 28. The van der Waals surface area contributed by atoms with E-state index in [4.69, 9.17) is 24.8 Å². The van der Waals surface area contributed by atoms with Gasteiger partial charge in [-0.25, -0.2) is 4.57 Å². The van der Waals surface area contributed by atoms with E-state index in [1.54, 1.807) is 0 Å². The monoisotopic (exact) mass is 579 g/mol. The number of carbonyl (C=O) groups is 2. The minimum Gasteiger partial charge on any atom is -0.480 e. The molecule has 230 valence electrons. The number of allylic oxidation sites excluding steroid dienone is 2. The fourth-order valence-corrected chi connectivity index (χ4v) is 4.54. The largest absolute Gasteiger partial charge is 0.480 e. The van der Waals surface area contributed by atoms with E-state index in [1.807, 2.05) is 6.92 Å². The number of hydrogen-bond acceptors (Lipinski definition) is 8. The van der Waals surface area contributed by atoms with Gasteiger partial charge in [-0.2, -0.15) is 0 Å². The number of nitrogens with two attached hydrogens (primary N) is 1. The summed E-state index contributed by atoms with van der Waals surface area (Å²) in [7, 11) is -4.63. The second-order valence-electron chi connectivity index (χ2n) is 9.88. The predicted molar refractivity (Wildman–Crippen MR) is 152 cm³/mol. The van der Waals surface area contributed by atoms with Crippen LogP contribution in [0.25, 0.3) is 0 Å². The third kappa shape index (κ3) is 25.4. The summed E-state index contributed by atoms with van der Waals surface area (Å²) in [6.07, 6.45) is 20.7. The first-order valence-electron chi connectivity index (χ1n) is 14.7. The van der Waals surface area contributed by atoms with Crippen LogP contribution in [0, 0.1) is 0 Å². The standard InChI is InChI=1S/C28H54NO9P/c1-3-5-7-8-9-10-11-12-13-14-15-16-17-18-19-20-27(30)36-23-25(22-35-21-6-4-2)38-39(33,34)37-24-26(29)28(31)32/h12-13,25-26H,3-11,14-24,29H2,1-2H3,(H,31,32)(H,33,34)/b13-12-/t25-,26+/m1/s1. The molecule has 10 nitrogen and oxygen atoms in total. The molecule has 0 aliphatic heterocycles. The Hall–Kier alpha value is -1.29. The van der Waals surface area contributed by atoms with Crippen LogP contribution in [0.1, 0.15) is 117 Å². The lowest BCUT2D eigenvalue weighted by molar-refractivity contribution is -0.148. The summed E-state index contributed by atoms with van der Waals surface area (Å²) in [6.45, 7) is 3.58. The van der Waals surface area contributed by atoms with Crippen molar-refractivity contribution in [3.63, 3.8) is 0 Å². The lowest BCUT2D eigenvalue weighted by Crippen LogP contribution is -2.35. The maximum Gasteiger partial charge on any atom is 0.472 e. The number of phosphoric ester groups is 1. The van der Waals surface area contributed by atoms with Crippen LogP contribution in [-0.4, -0.2) is 60.5 Å². The number of carboxylic acids is 1. The van der Waals surface area contributed by atoms with E-state index in [1.165, 1.54) is 44.9 Å². The molecule has 3 atom stereocenters. The fourth-order valence-electron chi connectivity index (χ4n) is 3.63. The van der Waals surface area contributed by atoms with Crippen LogP contribution in [0.4, 0.5) is 0 Å². The second-order valence-corrected chi connectivity index (χ2v) is 11.3. The number of carboxylic acid groups (broad SMARTS) is 1. The molecule has 0 spiro atoms. The molecule has 0 rings (SSSR count). The second kappa shape index (κ2) is 25.7. The van der Waals surface area contributed by atoms with E-state index >= 15 is 0 Å². The third-order valence-corrected chi connectivity index (χ3v) is 7.08. The molecule has 0 aromatic rings. The van der Waals surface area contributed by atoms with Gasteiger partial charge < -0.3 is 25.2 Å². The normalized spacial score (nSPS) is 14.8. The molecule has 0 aromatic carbocycles. The molecule has 0 bridgehead atoms. The van der Waals surface area contributed by atoms with Gasteiger partial charge in [0, 0.05) is 13.0 Å². The first kappa shape index (κ1) is 37.7. The van der Waals surface area contributed by atoms with E-state index in [2.05, 4.69) is 23.6 Å². The number of hydrogen-bond donors (Lipinski definition) is 3. The molecule has 4 N–H and O–H groups in total. The summed E-state index contributed by atoms with van der Waals surface area (Å²) in [5.41, 5.74) is 5.29. The minimum absolute atomic E-state index is 0.0838. The summed E-state index contributed by atoms with van der Waals surface area (Å²) in [5.74, 6) is -1.80. The van der Waals surface area contributed by atoms with Crippen molar-refractivity contribution in [2.24, 2.45) is 5.73 Å². The fraction of sp³-hybridized carbons (Fsp3) is 0.857. The Morgan fingerprint density at radius 3 is 1.97 bits per heavy atom. The first-order valence-corrected chi connectivity index (χ1v) is 16.2. The Balaban J connectivity index is 4.09. The van der Waals surface area contributed by atoms with Crippen LogP contribution in [0.2, 0.25) is 0 Å². The average Bonchev–Trinajstić information content (AvgIpc) is 2.90. The number of phosphoric acid groups is 1. The molecule has 11 heteroatoms. The highest BCUT2D eigenvalue weighted by Crippen LogP contribution is 2.44. The van der Waals surface area contributed by atoms with Gasteiger partial charge in [-0.15, -0.1) is 0 Å². The van der Waals surface area contributed by atoms with Gasteiger partial charge in [0.05, 0.1) is 13.2 Å². The molecule has 39 heavy (non-hydrogen) atoms. The predicted octanol–water partition coefficient (Wildman–Crippen LogP) is 6.30. The zero-order valence-electron chi connectivity index (χ0n) is 24.2. The summed E-state index contributed by atoms with van der Waals surface area (Å²) >= 11 is 0. The van der Waals surface area contributed by atoms with Crippen molar-refractivity contribution in [1.82, 2.24) is 0 Å². The zero-order valence-corrected chi connectivity index (χ0v) is 25.1. The van der Waals surface area contributed by atoms with Crippen LogP contribution in [-0.2, 0) is 32.7 Å². The van der Waals surface area contributed by atoms with Crippen molar-refractivity contribution in [2.75, 3.05) is 26.4 Å². The molecule has 0 saturated heterocycles. The van der Waals surface area contributed by atoms with Gasteiger partial charge in [0.2, 0.25) is 0 Å². The highest BCUT2D eigenvalue weighted by molar-refractivity contribution is 7.47. The maximum atomic E-state index is 12.2. The topological polar surface area (TPSA) is 155 Å². The van der Waals surface area contributed by atoms with Gasteiger partial charge in [-0.05, 0) is 38.5 Å². The Bertz CT molecular complexity index is 690. The van der Waals surface area contributed by atoms with Crippen LogP contribution in [0.3, 0.4) is 0 Å². The number of carbonyl (C=O) groups excluding carboxylic acids is 1. The highest BCUT2D eigenvalue weighted by atomic mass is 31.2. The summed E-state index contributed by atoms with van der Waals surface area (Å²) in [5, 5.41) is 8.78. The van der Waals surface area contributed by atoms with E-state index in [9.17, 15) is 19.0 Å². The summed E-state index contributed by atoms with van der Waals surface area (Å²) in [4.78, 5) is 32.8. The minimum atomic E-state index is -4.63. The first-order chi connectivity index (χ1) is 18.7. The quantitative estimate of drug-likeness (QED) is 0.0416. The van der Waals surface area contributed by atoms with Crippen molar-refractivity contribution in [3.8, 4) is 0 Å². The molecule has 0 aliphatic carbocycles. The number of unbranched alkanes of at least 4 members (excludes halogenated alkanes) is 12. The number of esters is 1. The van der Waals surface area contributed by atoms with Gasteiger partial charge in [0.25, 0.3) is 0 Å². The van der Waals surface area contributed by atoms with Crippen LogP contribution in [0.15, 0.2) is 12.2 Å². The molecule has 0 aromatic heterocycles. The van der Waals surface area contributed by atoms with E-state index in [0.29, 0.717) is 13.0 Å². The average molecular weight is 580 g/mol. The maximum absolute atomic E-state index is 12.2. The smallest absolute Gasteiger partial charge is 0.472 e. The van der Waals surface area contributed by atoms with Crippen molar-refractivity contribution >= 4 is 19.8 Å². The van der Waals surface area contributed by atoms with Crippen LogP contribution < -0.4 is 5.73 Å². The van der Waals surface area contributed by atoms with Gasteiger partial charge in [0.15, 0.2) is 0 Å². The van der Waals surface area contributed by atoms with E-state index < -0.39 is 38.5 Å². The third-order valence-electron chi connectivity index (χ3n) is 6.04. The van der Waals surface area contributed by atoms with Gasteiger partial charge in [0.1, 0.15) is 18.8 Å². The van der Waals surface area contributed by atoms with E-state index in [-0.39, 0.29) is 19.6 Å². The Morgan fingerprint density at radius 2 is 1.38 bits per heavy atom. The zero-order chi connectivity index (χ0) is 29.2. The number of ether oxygens (including phenoxy) is 2. The van der Waals surface area contributed by atoms with Crippen LogP contribution in [0.5, 0.6) is 0 Å². The Labute approximate surface area is 235 Å². The van der Waals surface area contributed by atoms with Gasteiger partial charge in [-0.1, -0.05) is 83.8 Å². The van der Waals surface area contributed by atoms with Gasteiger partial charge in [-0.3, -0.25) is 18.6 Å². The number of aliphatic carboxylic acids is 1. The highest BCUT2D eigenvalue weighted by Gasteiger charge is 2.29. The molecule has 0 heterocycles. The molecule has 0 radical (unpaired) electrons. The van der Waals surface area contributed by atoms with Crippen LogP contribution >= 0.6 is 7.82 Å². The molecular formula is C28H54NO9P. The van der Waals surface area contributed by atoms with Crippen molar-refractivity contribution in [3.05, 3.63) is 12.2 Å². The molecular weight excluding hydrogens is 525 g/mol. The van der Waals surface area contributed by atoms with Crippen molar-refractivity contribution < 1.29 is 42.7 Å². The Kier molecular flexibility index (Phi) is 24.8. The van der Waals surface area contributed by atoms with Gasteiger partial charge >= 0.3 is 19.8 Å². The molecule has 0 amide bonds. The lowest BCUT2D eigenvalue weighted by Gasteiger charge is -2.21. The SMILES string of the molecule is CCCCCCCC/C=C\CCCCCCCC(=O)OC[C@@H](COCCCC)OP(=O)(O)OC[C@H](N)C(=O)O. The molecule has 0 fully saturated rings. The summed E-state index contributed by atoms with van der Waals surface area (Å²) < 4.78 is 32.6. The van der Waals surface area contributed by atoms with Crippen molar-refractivity contribution in [1.29, 1.82) is 0 Å². The molecule has 0 aliphatic rings. The molecule has 0 saturated carbocycles. The Morgan fingerprint density at radius 1 is 0.821 bits per heavy atom. The summed E-state index contributed by atoms with van der Waals surface area (Å²) in [6, 6.07) is -1.47.